The van der Waals surface area contributed by atoms with Gasteiger partial charge in [0.15, 0.2) is 5.78 Å². The van der Waals surface area contributed by atoms with Gasteiger partial charge in [0.25, 0.3) is 0 Å². The number of Topliss-reactive ketones (excluding diaryl/α,β-unsaturated/α-hetero) is 1. The van der Waals surface area contributed by atoms with E-state index in [0.29, 0.717) is 5.92 Å². The molecule has 0 bridgehead atoms. The Morgan fingerprint density at radius 2 is 1.90 bits per heavy atom. The highest BCUT2D eigenvalue weighted by atomic mass is 16.1. The molecular weight excluding hydrogens is 244 g/mol. The van der Waals surface area contributed by atoms with Crippen LogP contribution in [-0.2, 0) is 6.42 Å². The van der Waals surface area contributed by atoms with Gasteiger partial charge in [-0.1, -0.05) is 30.7 Å². The molecule has 2 atom stereocenters. The van der Waals surface area contributed by atoms with Gasteiger partial charge in [0.1, 0.15) is 0 Å². The Balaban J connectivity index is 2.03. The zero-order chi connectivity index (χ0) is 13.7. The average molecular weight is 264 g/mol. The third kappa shape index (κ3) is 1.65. The fourth-order valence-corrected chi connectivity index (χ4v) is 4.48. The maximum atomic E-state index is 12.0. The van der Waals surface area contributed by atoms with Gasteiger partial charge in [0, 0.05) is 5.56 Å². The molecule has 2 aliphatic rings. The lowest BCUT2D eigenvalue weighted by Gasteiger charge is -2.30. The lowest BCUT2D eigenvalue weighted by Crippen LogP contribution is -2.17. The highest BCUT2D eigenvalue weighted by Crippen LogP contribution is 2.48. The van der Waals surface area contributed by atoms with Crippen molar-refractivity contribution in [3.8, 4) is 0 Å². The fourth-order valence-electron chi connectivity index (χ4n) is 4.48. The Labute approximate surface area is 120 Å². The van der Waals surface area contributed by atoms with Gasteiger partial charge in [-0.2, -0.15) is 0 Å². The maximum absolute atomic E-state index is 12.0. The smallest absolute Gasteiger partial charge is 0.160 e. The van der Waals surface area contributed by atoms with Gasteiger partial charge in [0.2, 0.25) is 0 Å². The SMILES string of the molecule is CC(=O)c1cc2c(c3ccccc13)CCC1CCCC21. The number of fused-ring (bicyclic) bond motifs is 5. The van der Waals surface area contributed by atoms with Crippen molar-refractivity contribution in [2.45, 2.75) is 44.9 Å². The largest absolute Gasteiger partial charge is 0.294 e. The third-order valence-corrected chi connectivity index (χ3v) is 5.39. The Bertz CT molecular complexity index is 698. The molecule has 2 aliphatic carbocycles. The van der Waals surface area contributed by atoms with Crippen LogP contribution in [0.5, 0.6) is 0 Å². The van der Waals surface area contributed by atoms with Crippen LogP contribution in [0, 0.1) is 5.92 Å². The molecule has 1 nitrogen and oxygen atoms in total. The molecule has 1 heteroatoms. The van der Waals surface area contributed by atoms with Crippen molar-refractivity contribution in [1.29, 1.82) is 0 Å². The normalized spacial score (nSPS) is 24.4. The van der Waals surface area contributed by atoms with Crippen LogP contribution >= 0.6 is 0 Å². The van der Waals surface area contributed by atoms with Crippen molar-refractivity contribution in [3.63, 3.8) is 0 Å². The number of benzene rings is 2. The lowest BCUT2D eigenvalue weighted by molar-refractivity contribution is 0.101. The number of hydrogen-bond donors (Lipinski definition) is 0. The van der Waals surface area contributed by atoms with Gasteiger partial charge >= 0.3 is 0 Å². The summed E-state index contributed by atoms with van der Waals surface area (Å²) in [6.45, 7) is 1.70. The van der Waals surface area contributed by atoms with Gasteiger partial charge in [-0.25, -0.2) is 0 Å². The molecule has 0 aromatic heterocycles. The summed E-state index contributed by atoms with van der Waals surface area (Å²) in [6.07, 6.45) is 6.58. The summed E-state index contributed by atoms with van der Waals surface area (Å²) in [5.74, 6) is 1.77. The Kier molecular flexibility index (Phi) is 2.70. The average Bonchev–Trinajstić information content (AvgIpc) is 2.94. The van der Waals surface area contributed by atoms with Crippen LogP contribution in [-0.4, -0.2) is 5.78 Å². The highest BCUT2D eigenvalue weighted by molar-refractivity contribution is 6.08. The first kappa shape index (κ1) is 12.1. The van der Waals surface area contributed by atoms with Gasteiger partial charge in [-0.15, -0.1) is 0 Å². The minimum atomic E-state index is 0.198. The van der Waals surface area contributed by atoms with Crippen molar-refractivity contribution >= 4 is 16.6 Å². The van der Waals surface area contributed by atoms with Gasteiger partial charge in [-0.05, 0) is 72.4 Å². The second-order valence-corrected chi connectivity index (χ2v) is 6.43. The van der Waals surface area contributed by atoms with E-state index >= 15 is 0 Å². The number of aryl methyl sites for hydroxylation is 1. The summed E-state index contributed by atoms with van der Waals surface area (Å²) in [5, 5.41) is 2.47. The minimum Gasteiger partial charge on any atom is -0.294 e. The predicted octanol–water partition coefficient (Wildman–Crippen LogP) is 4.87. The topological polar surface area (TPSA) is 17.1 Å². The van der Waals surface area contributed by atoms with Crippen LogP contribution in [0.4, 0.5) is 0 Å². The molecule has 2 unspecified atom stereocenters. The molecule has 0 radical (unpaired) electrons. The molecule has 1 fully saturated rings. The van der Waals surface area contributed by atoms with Crippen LogP contribution in [0.3, 0.4) is 0 Å². The van der Waals surface area contributed by atoms with Crippen LogP contribution in [0.1, 0.15) is 60.0 Å². The zero-order valence-electron chi connectivity index (χ0n) is 12.0. The van der Waals surface area contributed by atoms with Crippen LogP contribution in [0.15, 0.2) is 30.3 Å². The second-order valence-electron chi connectivity index (χ2n) is 6.43. The standard InChI is InChI=1S/C19H20O/c1-12(20)18-11-19-14-8-4-5-13(14)9-10-17(19)15-6-2-3-7-16(15)18/h2-3,6-7,11,13-14H,4-5,8-10H2,1H3. The van der Waals surface area contributed by atoms with Crippen molar-refractivity contribution in [2.24, 2.45) is 5.92 Å². The fraction of sp³-hybridized carbons (Fsp3) is 0.421. The van der Waals surface area contributed by atoms with Crippen molar-refractivity contribution in [2.75, 3.05) is 0 Å². The van der Waals surface area contributed by atoms with E-state index in [1.54, 1.807) is 6.92 Å². The molecule has 0 saturated heterocycles. The molecule has 102 valence electrons. The van der Waals surface area contributed by atoms with Crippen molar-refractivity contribution in [1.82, 2.24) is 0 Å². The van der Waals surface area contributed by atoms with E-state index in [4.69, 9.17) is 0 Å². The van der Waals surface area contributed by atoms with E-state index in [0.717, 1.165) is 16.9 Å². The number of hydrogen-bond acceptors (Lipinski definition) is 1. The molecule has 0 spiro atoms. The van der Waals surface area contributed by atoms with Crippen LogP contribution in [0.25, 0.3) is 10.8 Å². The molecule has 0 amide bonds. The Morgan fingerprint density at radius 3 is 2.70 bits per heavy atom. The monoisotopic (exact) mass is 264 g/mol. The minimum absolute atomic E-state index is 0.198. The summed E-state index contributed by atoms with van der Waals surface area (Å²) in [7, 11) is 0. The molecule has 2 aromatic carbocycles. The molecule has 0 N–H and O–H groups in total. The summed E-state index contributed by atoms with van der Waals surface area (Å²) in [5.41, 5.74) is 3.93. The van der Waals surface area contributed by atoms with E-state index < -0.39 is 0 Å². The van der Waals surface area contributed by atoms with Gasteiger partial charge < -0.3 is 0 Å². The number of carbonyl (C=O) groups excluding carboxylic acids is 1. The highest BCUT2D eigenvalue weighted by Gasteiger charge is 2.34. The third-order valence-electron chi connectivity index (χ3n) is 5.39. The summed E-state index contributed by atoms with van der Waals surface area (Å²) >= 11 is 0. The first-order valence-corrected chi connectivity index (χ1v) is 7.81. The van der Waals surface area contributed by atoms with Gasteiger partial charge in [-0.3, -0.25) is 4.79 Å². The second kappa shape index (κ2) is 4.44. The van der Waals surface area contributed by atoms with Crippen LogP contribution < -0.4 is 0 Å². The number of ketones is 1. The molecule has 2 aromatic rings. The van der Waals surface area contributed by atoms with E-state index in [-0.39, 0.29) is 5.78 Å². The van der Waals surface area contributed by atoms with Crippen LogP contribution in [0.2, 0.25) is 0 Å². The van der Waals surface area contributed by atoms with E-state index in [9.17, 15) is 4.79 Å². The first-order valence-electron chi connectivity index (χ1n) is 7.81. The molecule has 20 heavy (non-hydrogen) atoms. The van der Waals surface area contributed by atoms with Gasteiger partial charge in [0.05, 0.1) is 0 Å². The molecular formula is C19H20O. The molecule has 1 saturated carbocycles. The zero-order valence-corrected chi connectivity index (χ0v) is 12.0. The Hall–Kier alpha value is -1.63. The maximum Gasteiger partial charge on any atom is 0.160 e. The lowest BCUT2D eigenvalue weighted by atomic mass is 9.74. The van der Waals surface area contributed by atoms with E-state index in [1.165, 1.54) is 48.6 Å². The predicted molar refractivity (Wildman–Crippen MR) is 82.4 cm³/mol. The number of carbonyl (C=O) groups is 1. The van der Waals surface area contributed by atoms with E-state index in [1.807, 2.05) is 6.07 Å². The quantitative estimate of drug-likeness (QED) is 0.671. The van der Waals surface area contributed by atoms with Crippen molar-refractivity contribution in [3.05, 3.63) is 47.0 Å². The Morgan fingerprint density at radius 1 is 1.10 bits per heavy atom. The molecule has 4 rings (SSSR count). The van der Waals surface area contributed by atoms with E-state index in [2.05, 4.69) is 24.3 Å². The van der Waals surface area contributed by atoms with Crippen molar-refractivity contribution < 1.29 is 4.79 Å². The first-order chi connectivity index (χ1) is 9.75. The number of rotatable bonds is 1. The summed E-state index contributed by atoms with van der Waals surface area (Å²) in [4.78, 5) is 12.0. The summed E-state index contributed by atoms with van der Waals surface area (Å²) < 4.78 is 0. The summed E-state index contributed by atoms with van der Waals surface area (Å²) in [6, 6.07) is 10.7. The molecule has 0 heterocycles. The molecule has 0 aliphatic heterocycles.